The molecule has 0 heterocycles. The summed E-state index contributed by atoms with van der Waals surface area (Å²) >= 11 is -0.226. The molecule has 1 N–H and O–H groups in total. The van der Waals surface area contributed by atoms with Crippen LogP contribution < -0.4 is 0 Å². The molecule has 0 atom stereocenters. The molecule has 0 aliphatic heterocycles. The number of aliphatic hydroxyl groups excluding tert-OH is 1. The van der Waals surface area contributed by atoms with Gasteiger partial charge in [-0.15, -0.1) is 0 Å². The summed E-state index contributed by atoms with van der Waals surface area (Å²) in [6.45, 7) is 0.500. The maximum absolute atomic E-state index is 8.24. The molecule has 6 heavy (non-hydrogen) atoms. The van der Waals surface area contributed by atoms with Crippen LogP contribution in [0.1, 0.15) is 0 Å². The van der Waals surface area contributed by atoms with E-state index in [1.807, 2.05) is 0 Å². The zero-order valence-corrected chi connectivity index (χ0v) is 5.60. The predicted octanol–water partition coefficient (Wildman–Crippen LogP) is 0.988. The van der Waals surface area contributed by atoms with Gasteiger partial charge < -0.3 is 9.90 Å². The van der Waals surface area contributed by atoms with Crippen LogP contribution in [0.5, 0.6) is 0 Å². The van der Waals surface area contributed by atoms with Gasteiger partial charge in [0.15, 0.2) is 0 Å². The quantitative estimate of drug-likeness (QED) is 0.487. The average Bonchev–Trinajstić information content (AvgIpc) is 1.39. The van der Waals surface area contributed by atoms with Gasteiger partial charge in [0.1, 0.15) is 0 Å². The Morgan fingerprint density at radius 3 is 1.67 bits per heavy atom. The van der Waals surface area contributed by atoms with E-state index in [1.54, 1.807) is 0 Å². The molecule has 0 radical (unpaired) electrons. The number of halogens is 2. The fourth-order valence-electron chi connectivity index (χ4n) is 0. The van der Waals surface area contributed by atoms with Crippen LogP contribution in [-0.4, -0.2) is 11.6 Å². The zero-order chi connectivity index (χ0) is 5.41. The van der Waals surface area contributed by atoms with Crippen molar-refractivity contribution in [3.63, 3.8) is 0 Å². The molecule has 0 amide bonds. The van der Waals surface area contributed by atoms with Crippen LogP contribution in [0.4, 0.5) is 0 Å². The second-order valence-electron chi connectivity index (χ2n) is 0.139. The maximum atomic E-state index is 8.24. The van der Waals surface area contributed by atoms with Gasteiger partial charge in [-0.3, -0.25) is 0 Å². The second kappa shape index (κ2) is 17.3. The van der Waals surface area contributed by atoms with Crippen molar-refractivity contribution >= 4 is 25.9 Å². The molecule has 0 aromatic heterocycles. The molecule has 0 aromatic carbocycles. The fourth-order valence-corrected chi connectivity index (χ4v) is 0. The van der Waals surface area contributed by atoms with Crippen LogP contribution in [0.15, 0.2) is 0 Å². The van der Waals surface area contributed by atoms with Crippen LogP contribution in [-0.2, 0) is 19.9 Å². The Hall–Kier alpha value is 0.673. The van der Waals surface area contributed by atoms with Crippen LogP contribution >= 0.6 is 19.4 Å². The minimum absolute atomic E-state index is 0.226. The molecule has 0 bridgehead atoms. The summed E-state index contributed by atoms with van der Waals surface area (Å²) in [5.41, 5.74) is 0. The van der Waals surface area contributed by atoms with Gasteiger partial charge in [-0.1, -0.05) is 6.47 Å². The molecule has 0 aliphatic rings. The van der Waals surface area contributed by atoms with E-state index in [4.69, 9.17) is 29.3 Å². The first-order valence-electron chi connectivity index (χ1n) is 0.680. The van der Waals surface area contributed by atoms with Crippen molar-refractivity contribution < 1.29 is 25.0 Å². The van der Waals surface area contributed by atoms with Gasteiger partial charge in [0.05, 0.1) is 0 Å². The van der Waals surface area contributed by atoms with Gasteiger partial charge in [0, 0.05) is 0 Å². The van der Waals surface area contributed by atoms with Gasteiger partial charge in [0.2, 0.25) is 0 Å². The zero-order valence-electron chi connectivity index (χ0n) is 2.44. The molecule has 0 saturated heterocycles. The van der Waals surface area contributed by atoms with E-state index in [-0.39, 0.29) is 15.1 Å². The third kappa shape index (κ3) is 139. The molecule has 40 valence electrons. The predicted molar refractivity (Wildman–Crippen MR) is 20.0 cm³/mol. The summed E-state index contributed by atoms with van der Waals surface area (Å²) in [5, 5.41) is 6.76. The molecule has 5 heteroatoms. The van der Waals surface area contributed by atoms with Crippen molar-refractivity contribution in [1.29, 1.82) is 0 Å². The SMILES string of the molecule is O=[C-]O.[Cl][Rh+][Cl]. The van der Waals surface area contributed by atoms with Gasteiger partial charge >= 0.3 is 34.5 Å². The van der Waals surface area contributed by atoms with Crippen LogP contribution in [0.3, 0.4) is 0 Å². The van der Waals surface area contributed by atoms with Gasteiger partial charge in [-0.2, -0.15) is 0 Å². The number of hydrogen-bond donors (Lipinski definition) is 1. The first-order valence-corrected chi connectivity index (χ1v) is 4.90. The summed E-state index contributed by atoms with van der Waals surface area (Å²) in [6.07, 6.45) is 0. The van der Waals surface area contributed by atoms with Gasteiger partial charge in [0.25, 0.3) is 0 Å². The average molecular weight is 219 g/mol. The van der Waals surface area contributed by atoms with E-state index in [0.29, 0.717) is 6.47 Å². The van der Waals surface area contributed by atoms with E-state index < -0.39 is 0 Å². The Balaban J connectivity index is 0. The summed E-state index contributed by atoms with van der Waals surface area (Å²) < 4.78 is 0. The summed E-state index contributed by atoms with van der Waals surface area (Å²) in [7, 11) is 9.67. The first-order chi connectivity index (χ1) is 2.83. The van der Waals surface area contributed by atoms with Crippen LogP contribution in [0.25, 0.3) is 0 Å². The topological polar surface area (TPSA) is 37.3 Å². The molecule has 2 nitrogen and oxygen atoms in total. The van der Waals surface area contributed by atoms with Crippen molar-refractivity contribution in [2.45, 2.75) is 0 Å². The van der Waals surface area contributed by atoms with Gasteiger partial charge in [-0.05, 0) is 0 Å². The third-order valence-electron chi connectivity index (χ3n) is 0. The van der Waals surface area contributed by atoms with E-state index in [2.05, 4.69) is 0 Å². The molecule has 0 rings (SSSR count). The Labute approximate surface area is 51.1 Å². The Morgan fingerprint density at radius 1 is 1.67 bits per heavy atom. The van der Waals surface area contributed by atoms with Crippen LogP contribution in [0.2, 0.25) is 0 Å². The molecule has 0 fully saturated rings. The summed E-state index contributed by atoms with van der Waals surface area (Å²) in [6, 6.07) is 0. The first kappa shape index (κ1) is 9.83. The molecule has 0 spiro atoms. The standard InChI is InChI=1S/CHO2.2ClH.Rh/c2-1-3;;;/h(H,2,3);2*1H;/q-1;;;+3/p-2. The van der Waals surface area contributed by atoms with E-state index in [1.165, 1.54) is 0 Å². The molecular weight excluding hydrogens is 218 g/mol. The fraction of sp³-hybridized carbons (Fsp3) is 0. The third-order valence-corrected chi connectivity index (χ3v) is 0. The molecule has 0 aromatic rings. The van der Waals surface area contributed by atoms with Crippen LogP contribution in [0, 0.1) is 0 Å². The normalized spacial score (nSPS) is 5.67. The second-order valence-corrected chi connectivity index (χ2v) is 2.63. The molecule has 0 saturated carbocycles. The summed E-state index contributed by atoms with van der Waals surface area (Å²) in [5.74, 6) is 0. The van der Waals surface area contributed by atoms with Crippen molar-refractivity contribution in [2.75, 3.05) is 0 Å². The Kier molecular flexibility index (Phi) is 28.4. The Morgan fingerprint density at radius 2 is 1.67 bits per heavy atom. The minimum atomic E-state index is -0.226. The molecule has 0 aliphatic carbocycles. The number of rotatable bonds is 0. The van der Waals surface area contributed by atoms with E-state index in [9.17, 15) is 0 Å². The van der Waals surface area contributed by atoms with Crippen molar-refractivity contribution in [3.8, 4) is 0 Å². The van der Waals surface area contributed by atoms with Gasteiger partial charge in [-0.25, -0.2) is 0 Å². The monoisotopic (exact) mass is 218 g/mol. The van der Waals surface area contributed by atoms with E-state index >= 15 is 0 Å². The van der Waals surface area contributed by atoms with Crippen molar-refractivity contribution in [1.82, 2.24) is 0 Å². The molecule has 0 unspecified atom stereocenters. The number of hydrogen-bond acceptors (Lipinski definition) is 1. The molecular formula is CHCl2O2Rh. The Bertz CT molecular complexity index is 25.5. The van der Waals surface area contributed by atoms with E-state index in [0.717, 1.165) is 0 Å². The van der Waals surface area contributed by atoms with Crippen molar-refractivity contribution in [2.24, 2.45) is 0 Å². The van der Waals surface area contributed by atoms with Crippen molar-refractivity contribution in [3.05, 3.63) is 0 Å². The summed E-state index contributed by atoms with van der Waals surface area (Å²) in [4.78, 5) is 8.24.